The molecule has 0 fully saturated rings. The predicted molar refractivity (Wildman–Crippen MR) is 141 cm³/mol. The van der Waals surface area contributed by atoms with Crippen molar-refractivity contribution in [3.05, 3.63) is 84.0 Å². The molecule has 7 nitrogen and oxygen atoms in total. The normalized spacial score (nSPS) is 11.5. The molecule has 0 bridgehead atoms. The van der Waals surface area contributed by atoms with Gasteiger partial charge < -0.3 is 15.2 Å². The van der Waals surface area contributed by atoms with Crippen molar-refractivity contribution < 1.29 is 4.57 Å². The van der Waals surface area contributed by atoms with Crippen LogP contribution < -0.4 is 15.9 Å². The van der Waals surface area contributed by atoms with Gasteiger partial charge in [0.15, 0.2) is 5.82 Å². The zero-order valence-corrected chi connectivity index (χ0v) is 20.2. The Morgan fingerprint density at radius 1 is 0.941 bits per heavy atom. The molecule has 0 amide bonds. The summed E-state index contributed by atoms with van der Waals surface area (Å²) in [7, 11) is -2.50. The smallest absolute Gasteiger partial charge is 0.229 e. The first-order chi connectivity index (χ1) is 16.4. The van der Waals surface area contributed by atoms with Crippen LogP contribution in [0, 0.1) is 0 Å². The van der Waals surface area contributed by atoms with E-state index in [2.05, 4.69) is 30.8 Å². The summed E-state index contributed by atoms with van der Waals surface area (Å²) < 4.78 is 12.7. The molecule has 170 valence electrons. The lowest BCUT2D eigenvalue weighted by atomic mass is 10.1. The van der Waals surface area contributed by atoms with Gasteiger partial charge in [-0.3, -0.25) is 5.10 Å². The van der Waals surface area contributed by atoms with Crippen LogP contribution in [0.15, 0.2) is 79.0 Å². The quantitative estimate of drug-likeness (QED) is 0.239. The van der Waals surface area contributed by atoms with Crippen LogP contribution in [0.1, 0.15) is 0 Å². The van der Waals surface area contributed by atoms with Gasteiger partial charge in [-0.25, -0.2) is 4.98 Å². The third-order valence-corrected chi connectivity index (χ3v) is 7.17. The Balaban J connectivity index is 1.45. The van der Waals surface area contributed by atoms with E-state index in [4.69, 9.17) is 11.6 Å². The van der Waals surface area contributed by atoms with Gasteiger partial charge in [-0.2, -0.15) is 10.1 Å². The number of benzene rings is 3. The van der Waals surface area contributed by atoms with E-state index in [0.29, 0.717) is 22.5 Å². The zero-order chi connectivity index (χ0) is 23.7. The van der Waals surface area contributed by atoms with Gasteiger partial charge in [0.2, 0.25) is 5.95 Å². The Bertz CT molecular complexity index is 1530. The first kappa shape index (κ1) is 22.1. The van der Waals surface area contributed by atoms with Crippen molar-refractivity contribution in [3.63, 3.8) is 0 Å². The van der Waals surface area contributed by atoms with Crippen molar-refractivity contribution in [2.24, 2.45) is 0 Å². The minimum absolute atomic E-state index is 0.360. The number of aromatic amines is 1. The number of anilines is 4. The van der Waals surface area contributed by atoms with Crippen LogP contribution in [-0.4, -0.2) is 33.5 Å². The summed E-state index contributed by atoms with van der Waals surface area (Å²) in [5.41, 5.74) is 4.35. The average Bonchev–Trinajstić information content (AvgIpc) is 3.25. The second kappa shape index (κ2) is 8.93. The van der Waals surface area contributed by atoms with E-state index in [1.165, 1.54) is 6.20 Å². The summed E-state index contributed by atoms with van der Waals surface area (Å²) in [6.45, 7) is 3.47. The van der Waals surface area contributed by atoms with Crippen LogP contribution in [0.25, 0.3) is 22.2 Å². The molecule has 0 aliphatic carbocycles. The molecule has 5 rings (SSSR count). The van der Waals surface area contributed by atoms with Gasteiger partial charge in [-0.05, 0) is 43.7 Å². The molecule has 0 saturated carbocycles. The van der Waals surface area contributed by atoms with Crippen molar-refractivity contribution in [2.75, 3.05) is 24.0 Å². The van der Waals surface area contributed by atoms with Crippen molar-refractivity contribution in [3.8, 4) is 11.3 Å². The Morgan fingerprint density at radius 2 is 1.71 bits per heavy atom. The molecular formula is C25H22ClN6OP. The molecule has 0 unspecified atom stereocenters. The van der Waals surface area contributed by atoms with Gasteiger partial charge >= 0.3 is 0 Å². The second-order valence-electron chi connectivity index (χ2n) is 8.21. The highest BCUT2D eigenvalue weighted by Crippen LogP contribution is 2.38. The molecule has 2 aromatic heterocycles. The number of rotatable bonds is 6. The van der Waals surface area contributed by atoms with E-state index in [1.54, 1.807) is 13.3 Å². The van der Waals surface area contributed by atoms with Gasteiger partial charge in [0.05, 0.1) is 23.1 Å². The molecule has 0 aliphatic rings. The maximum Gasteiger partial charge on any atom is 0.229 e. The number of nitrogens with one attached hydrogen (secondary N) is 3. The van der Waals surface area contributed by atoms with E-state index in [9.17, 15) is 4.57 Å². The van der Waals surface area contributed by atoms with E-state index >= 15 is 0 Å². The number of nitrogens with zero attached hydrogens (tertiary/aromatic N) is 3. The number of hydrogen-bond acceptors (Lipinski definition) is 6. The summed E-state index contributed by atoms with van der Waals surface area (Å²) in [6, 6.07) is 23.4. The number of halogens is 1. The number of fused-ring (bicyclic) bond motifs is 1. The fourth-order valence-electron chi connectivity index (χ4n) is 3.73. The molecule has 0 aliphatic heterocycles. The molecule has 3 aromatic carbocycles. The highest BCUT2D eigenvalue weighted by atomic mass is 35.5. The molecule has 0 radical (unpaired) electrons. The Morgan fingerprint density at radius 3 is 2.50 bits per heavy atom. The number of para-hydroxylation sites is 1. The van der Waals surface area contributed by atoms with Crippen LogP contribution in [0.3, 0.4) is 0 Å². The molecule has 9 heteroatoms. The van der Waals surface area contributed by atoms with Crippen molar-refractivity contribution >= 4 is 58.1 Å². The van der Waals surface area contributed by atoms with Gasteiger partial charge in [0.25, 0.3) is 0 Å². The molecule has 3 N–H and O–H groups in total. The Kier molecular flexibility index (Phi) is 5.82. The maximum atomic E-state index is 12.7. The monoisotopic (exact) mass is 488 g/mol. The summed E-state index contributed by atoms with van der Waals surface area (Å²) >= 11 is 6.37. The average molecular weight is 489 g/mol. The highest BCUT2D eigenvalue weighted by molar-refractivity contribution is 7.70. The third kappa shape index (κ3) is 4.53. The SMILES string of the molecule is CP(C)(=O)c1ccccc1Nc1nc(Nc2ccc3[nH]nc(-c4ccccc4)c3c2)ncc1Cl. The molecule has 5 aromatic rings. The highest BCUT2D eigenvalue weighted by Gasteiger charge is 2.17. The van der Waals surface area contributed by atoms with E-state index in [0.717, 1.165) is 33.2 Å². The van der Waals surface area contributed by atoms with Crippen LogP contribution >= 0.6 is 18.7 Å². The van der Waals surface area contributed by atoms with Crippen LogP contribution in [0.4, 0.5) is 23.1 Å². The second-order valence-corrected chi connectivity index (χ2v) is 11.8. The van der Waals surface area contributed by atoms with Crippen molar-refractivity contribution in [2.45, 2.75) is 0 Å². The zero-order valence-electron chi connectivity index (χ0n) is 18.6. The topological polar surface area (TPSA) is 95.6 Å². The molecule has 2 heterocycles. The first-order valence-corrected chi connectivity index (χ1v) is 13.6. The van der Waals surface area contributed by atoms with Crippen LogP contribution in [0.5, 0.6) is 0 Å². The van der Waals surface area contributed by atoms with Gasteiger partial charge in [0.1, 0.15) is 12.2 Å². The van der Waals surface area contributed by atoms with Gasteiger partial charge in [-0.1, -0.05) is 54.1 Å². The maximum absolute atomic E-state index is 12.7. The van der Waals surface area contributed by atoms with Crippen molar-refractivity contribution in [1.82, 2.24) is 20.2 Å². The van der Waals surface area contributed by atoms with Crippen LogP contribution in [0.2, 0.25) is 5.02 Å². The van der Waals surface area contributed by atoms with Crippen LogP contribution in [-0.2, 0) is 4.57 Å². The van der Waals surface area contributed by atoms with E-state index in [-0.39, 0.29) is 0 Å². The number of aromatic nitrogens is 4. The van der Waals surface area contributed by atoms with E-state index in [1.807, 2.05) is 72.8 Å². The standard InChI is InChI=1S/C25H22ClN6OP/c1-34(2,33)22-11-7-6-10-21(22)29-24-19(26)15-27-25(30-24)28-17-12-13-20-18(14-17)23(32-31-20)16-8-4-3-5-9-16/h3-15H,1-2H3,(H,31,32)(H2,27,28,29,30). The first-order valence-electron chi connectivity index (χ1n) is 10.6. The van der Waals surface area contributed by atoms with Gasteiger partial charge in [0, 0.05) is 21.9 Å². The third-order valence-electron chi connectivity index (χ3n) is 5.35. The fraction of sp³-hybridized carbons (Fsp3) is 0.0800. The fourth-order valence-corrected chi connectivity index (χ4v) is 5.02. The molecule has 0 spiro atoms. The van der Waals surface area contributed by atoms with Gasteiger partial charge in [-0.15, -0.1) is 0 Å². The number of hydrogen-bond donors (Lipinski definition) is 3. The Labute approximate surface area is 202 Å². The lowest BCUT2D eigenvalue weighted by Crippen LogP contribution is -2.10. The number of H-pyrrole nitrogens is 1. The van der Waals surface area contributed by atoms with Crippen molar-refractivity contribution in [1.29, 1.82) is 0 Å². The summed E-state index contributed by atoms with van der Waals surface area (Å²) in [5, 5.41) is 16.1. The lowest BCUT2D eigenvalue weighted by molar-refractivity contribution is 0.588. The lowest BCUT2D eigenvalue weighted by Gasteiger charge is -2.15. The summed E-state index contributed by atoms with van der Waals surface area (Å²) in [4.78, 5) is 8.88. The minimum atomic E-state index is -2.50. The summed E-state index contributed by atoms with van der Waals surface area (Å²) in [5.74, 6) is 0.805. The molecule has 0 atom stereocenters. The molecular weight excluding hydrogens is 467 g/mol. The minimum Gasteiger partial charge on any atom is -0.338 e. The van der Waals surface area contributed by atoms with E-state index < -0.39 is 7.14 Å². The molecule has 0 saturated heterocycles. The molecule has 34 heavy (non-hydrogen) atoms. The Hall–Kier alpha value is -3.67. The predicted octanol–water partition coefficient (Wildman–Crippen LogP) is 6.41. The largest absolute Gasteiger partial charge is 0.338 e. The summed E-state index contributed by atoms with van der Waals surface area (Å²) in [6.07, 6.45) is 1.53.